The highest BCUT2D eigenvalue weighted by Gasteiger charge is 2.08. The molecular formula is C15H8Cl2FN. The SMILES string of the molecule is N#C/C(=C\c1ccccc1Cl)c1cc(F)ccc1Cl. The lowest BCUT2D eigenvalue weighted by Gasteiger charge is -2.04. The average molecular weight is 292 g/mol. The molecule has 19 heavy (non-hydrogen) atoms. The van der Waals surface area contributed by atoms with Gasteiger partial charge >= 0.3 is 0 Å². The minimum Gasteiger partial charge on any atom is -0.207 e. The van der Waals surface area contributed by atoms with Crippen LogP contribution in [0.2, 0.25) is 10.0 Å². The molecule has 2 aromatic rings. The second-order valence-electron chi connectivity index (χ2n) is 3.82. The molecule has 0 amide bonds. The Morgan fingerprint density at radius 2 is 1.84 bits per heavy atom. The van der Waals surface area contributed by atoms with Crippen molar-refractivity contribution in [3.05, 3.63) is 69.5 Å². The molecule has 0 aliphatic rings. The second-order valence-corrected chi connectivity index (χ2v) is 4.63. The molecular weight excluding hydrogens is 284 g/mol. The first-order valence-corrected chi connectivity index (χ1v) is 6.19. The normalized spacial score (nSPS) is 11.2. The van der Waals surface area contributed by atoms with Crippen LogP contribution < -0.4 is 0 Å². The fourth-order valence-corrected chi connectivity index (χ4v) is 2.03. The first-order chi connectivity index (χ1) is 9.11. The van der Waals surface area contributed by atoms with Gasteiger partial charge in [0, 0.05) is 15.6 Å². The Balaban J connectivity index is 2.55. The van der Waals surface area contributed by atoms with Crippen molar-refractivity contribution < 1.29 is 4.39 Å². The van der Waals surface area contributed by atoms with E-state index in [1.807, 2.05) is 6.07 Å². The van der Waals surface area contributed by atoms with Gasteiger partial charge in [0.2, 0.25) is 0 Å². The van der Waals surface area contributed by atoms with Gasteiger partial charge in [-0.15, -0.1) is 0 Å². The van der Waals surface area contributed by atoms with E-state index in [2.05, 4.69) is 0 Å². The smallest absolute Gasteiger partial charge is 0.123 e. The minimum atomic E-state index is -0.445. The van der Waals surface area contributed by atoms with Crippen LogP contribution in [0.25, 0.3) is 11.6 Å². The quantitative estimate of drug-likeness (QED) is 0.551. The second kappa shape index (κ2) is 5.88. The number of nitrogens with zero attached hydrogens (tertiary/aromatic N) is 1. The van der Waals surface area contributed by atoms with Crippen LogP contribution in [-0.2, 0) is 0 Å². The van der Waals surface area contributed by atoms with Crippen LogP contribution in [0.3, 0.4) is 0 Å². The van der Waals surface area contributed by atoms with E-state index in [9.17, 15) is 9.65 Å². The van der Waals surface area contributed by atoms with Gasteiger partial charge in [-0.25, -0.2) is 4.39 Å². The third-order valence-electron chi connectivity index (χ3n) is 2.54. The number of benzene rings is 2. The Bertz CT molecular complexity index is 687. The summed E-state index contributed by atoms with van der Waals surface area (Å²) in [6.07, 6.45) is 1.59. The van der Waals surface area contributed by atoms with Crippen LogP contribution >= 0.6 is 23.2 Å². The molecule has 0 bridgehead atoms. The van der Waals surface area contributed by atoms with Gasteiger partial charge in [-0.2, -0.15) is 5.26 Å². The van der Waals surface area contributed by atoms with Crippen molar-refractivity contribution in [1.82, 2.24) is 0 Å². The molecule has 94 valence electrons. The van der Waals surface area contributed by atoms with E-state index in [4.69, 9.17) is 23.2 Å². The van der Waals surface area contributed by atoms with Crippen molar-refractivity contribution in [2.75, 3.05) is 0 Å². The average Bonchev–Trinajstić information content (AvgIpc) is 2.41. The first-order valence-electron chi connectivity index (χ1n) is 5.43. The molecule has 2 rings (SSSR count). The fourth-order valence-electron chi connectivity index (χ4n) is 1.62. The lowest BCUT2D eigenvalue weighted by molar-refractivity contribution is 0.627. The molecule has 0 aliphatic carbocycles. The summed E-state index contributed by atoms with van der Waals surface area (Å²) in [5.41, 5.74) is 1.29. The van der Waals surface area contributed by atoms with E-state index in [1.165, 1.54) is 18.2 Å². The van der Waals surface area contributed by atoms with Gasteiger partial charge in [0.25, 0.3) is 0 Å². The van der Waals surface area contributed by atoms with E-state index in [0.717, 1.165) is 0 Å². The fraction of sp³-hybridized carbons (Fsp3) is 0. The predicted molar refractivity (Wildman–Crippen MR) is 76.3 cm³/mol. The van der Waals surface area contributed by atoms with E-state index >= 15 is 0 Å². The van der Waals surface area contributed by atoms with Crippen molar-refractivity contribution in [2.45, 2.75) is 0 Å². The molecule has 4 heteroatoms. The van der Waals surface area contributed by atoms with Gasteiger partial charge in [-0.05, 0) is 35.9 Å². The van der Waals surface area contributed by atoms with Gasteiger partial charge in [0.05, 0.1) is 11.6 Å². The molecule has 0 heterocycles. The van der Waals surface area contributed by atoms with E-state index < -0.39 is 5.82 Å². The zero-order chi connectivity index (χ0) is 13.8. The number of allylic oxidation sites excluding steroid dienone is 1. The first kappa shape index (κ1) is 13.6. The van der Waals surface area contributed by atoms with Gasteiger partial charge in [-0.1, -0.05) is 41.4 Å². The molecule has 0 aromatic heterocycles. The number of nitriles is 1. The highest BCUT2D eigenvalue weighted by molar-refractivity contribution is 6.33. The summed E-state index contributed by atoms with van der Waals surface area (Å²) in [6, 6.07) is 13.0. The minimum absolute atomic E-state index is 0.262. The van der Waals surface area contributed by atoms with E-state index in [0.29, 0.717) is 21.2 Å². The highest BCUT2D eigenvalue weighted by atomic mass is 35.5. The lowest BCUT2D eigenvalue weighted by atomic mass is 10.0. The van der Waals surface area contributed by atoms with Crippen molar-refractivity contribution in [1.29, 1.82) is 5.26 Å². The van der Waals surface area contributed by atoms with Crippen molar-refractivity contribution >= 4 is 34.9 Å². The Hall–Kier alpha value is -1.82. The lowest BCUT2D eigenvalue weighted by Crippen LogP contribution is -1.86. The van der Waals surface area contributed by atoms with Crippen LogP contribution in [0.5, 0.6) is 0 Å². The van der Waals surface area contributed by atoms with Gasteiger partial charge < -0.3 is 0 Å². The van der Waals surface area contributed by atoms with Crippen molar-refractivity contribution in [3.8, 4) is 6.07 Å². The summed E-state index contributed by atoms with van der Waals surface area (Å²) >= 11 is 12.0. The largest absolute Gasteiger partial charge is 0.207 e. The molecule has 2 aromatic carbocycles. The monoisotopic (exact) mass is 291 g/mol. The topological polar surface area (TPSA) is 23.8 Å². The Morgan fingerprint density at radius 3 is 2.53 bits per heavy atom. The molecule has 1 nitrogen and oxygen atoms in total. The Morgan fingerprint density at radius 1 is 1.11 bits per heavy atom. The molecule has 0 unspecified atom stereocenters. The number of rotatable bonds is 2. The van der Waals surface area contributed by atoms with Crippen LogP contribution in [0.15, 0.2) is 42.5 Å². The molecule has 0 aliphatic heterocycles. The third kappa shape index (κ3) is 3.14. The molecule has 0 atom stereocenters. The Kier molecular flexibility index (Phi) is 4.21. The van der Waals surface area contributed by atoms with Gasteiger partial charge in [0.1, 0.15) is 5.82 Å². The van der Waals surface area contributed by atoms with Gasteiger partial charge in [-0.3, -0.25) is 0 Å². The molecule has 0 fully saturated rings. The summed E-state index contributed by atoms with van der Waals surface area (Å²) in [4.78, 5) is 0. The third-order valence-corrected chi connectivity index (χ3v) is 3.22. The Labute approximate surface area is 120 Å². The van der Waals surface area contributed by atoms with E-state index in [1.54, 1.807) is 30.3 Å². The number of hydrogen-bond donors (Lipinski definition) is 0. The summed E-state index contributed by atoms with van der Waals surface area (Å²) in [6.45, 7) is 0. The molecule has 0 saturated heterocycles. The van der Waals surface area contributed by atoms with Crippen LogP contribution in [0.1, 0.15) is 11.1 Å². The number of halogens is 3. The van der Waals surface area contributed by atoms with Gasteiger partial charge in [0.15, 0.2) is 0 Å². The molecule has 0 N–H and O–H groups in total. The number of hydrogen-bond acceptors (Lipinski definition) is 1. The summed E-state index contributed by atoms with van der Waals surface area (Å²) in [5.74, 6) is -0.445. The maximum Gasteiger partial charge on any atom is 0.123 e. The molecule has 0 radical (unpaired) electrons. The maximum absolute atomic E-state index is 13.2. The van der Waals surface area contributed by atoms with Crippen molar-refractivity contribution in [2.24, 2.45) is 0 Å². The van der Waals surface area contributed by atoms with Crippen LogP contribution in [-0.4, -0.2) is 0 Å². The predicted octanol–water partition coefficient (Wildman–Crippen LogP) is 5.20. The van der Waals surface area contributed by atoms with Crippen LogP contribution in [0.4, 0.5) is 4.39 Å². The highest BCUT2D eigenvalue weighted by Crippen LogP contribution is 2.28. The zero-order valence-corrected chi connectivity index (χ0v) is 11.2. The molecule has 0 saturated carbocycles. The summed E-state index contributed by atoms with van der Waals surface area (Å²) < 4.78 is 13.2. The maximum atomic E-state index is 13.2. The van der Waals surface area contributed by atoms with Crippen molar-refractivity contribution in [3.63, 3.8) is 0 Å². The van der Waals surface area contributed by atoms with Crippen LogP contribution in [0, 0.1) is 17.1 Å². The summed E-state index contributed by atoms with van der Waals surface area (Å²) in [7, 11) is 0. The zero-order valence-electron chi connectivity index (χ0n) is 9.70. The molecule has 0 spiro atoms. The summed E-state index contributed by atoms with van der Waals surface area (Å²) in [5, 5.41) is 10.0. The van der Waals surface area contributed by atoms with E-state index in [-0.39, 0.29) is 5.57 Å². The standard InChI is InChI=1S/C15H8Cl2FN/c16-14-4-2-1-3-10(14)7-11(9-19)13-8-12(18)5-6-15(13)17/h1-8H/b11-7+.